The van der Waals surface area contributed by atoms with Gasteiger partial charge in [-0.15, -0.1) is 0 Å². The minimum atomic E-state index is -4.44. The highest BCUT2D eigenvalue weighted by molar-refractivity contribution is 5.95. The molecule has 0 saturated heterocycles. The maximum Gasteiger partial charge on any atom is 0.416 e. The van der Waals surface area contributed by atoms with Crippen molar-refractivity contribution >= 4 is 5.91 Å². The fourth-order valence-electron chi connectivity index (χ4n) is 2.58. The molecule has 4 nitrogen and oxygen atoms in total. The highest BCUT2D eigenvalue weighted by Gasteiger charge is 2.30. The summed E-state index contributed by atoms with van der Waals surface area (Å²) >= 11 is 0. The van der Waals surface area contributed by atoms with Crippen molar-refractivity contribution in [3.8, 4) is 5.69 Å². The predicted molar refractivity (Wildman–Crippen MR) is 90.9 cm³/mol. The van der Waals surface area contributed by atoms with Crippen molar-refractivity contribution in [1.82, 2.24) is 15.1 Å². The molecular formula is C19H16F3N3O. The van der Waals surface area contributed by atoms with Crippen LogP contribution in [-0.2, 0) is 12.7 Å². The van der Waals surface area contributed by atoms with Gasteiger partial charge >= 0.3 is 6.18 Å². The molecule has 7 heteroatoms. The van der Waals surface area contributed by atoms with Crippen molar-refractivity contribution in [3.05, 3.63) is 83.2 Å². The van der Waals surface area contributed by atoms with Crippen molar-refractivity contribution in [2.75, 3.05) is 0 Å². The lowest BCUT2D eigenvalue weighted by atomic mass is 10.2. The second-order valence-electron chi connectivity index (χ2n) is 5.77. The van der Waals surface area contributed by atoms with Gasteiger partial charge in [-0.1, -0.05) is 36.4 Å². The van der Waals surface area contributed by atoms with Gasteiger partial charge < -0.3 is 5.32 Å². The van der Waals surface area contributed by atoms with E-state index in [1.807, 2.05) is 30.3 Å². The van der Waals surface area contributed by atoms with Crippen LogP contribution in [0.25, 0.3) is 5.69 Å². The van der Waals surface area contributed by atoms with E-state index < -0.39 is 11.7 Å². The first-order valence-electron chi connectivity index (χ1n) is 7.90. The first kappa shape index (κ1) is 17.7. The van der Waals surface area contributed by atoms with Gasteiger partial charge in [0.25, 0.3) is 5.91 Å². The van der Waals surface area contributed by atoms with Crippen molar-refractivity contribution in [2.45, 2.75) is 19.6 Å². The standard InChI is InChI=1S/C19H16F3N3O/c1-13-17(18(26)23-11-14-6-3-2-4-7-14)12-24-25(13)16-9-5-8-15(10-16)19(20,21)22/h2-10,12H,11H2,1H3,(H,23,26). The Morgan fingerprint density at radius 3 is 2.54 bits per heavy atom. The zero-order valence-electron chi connectivity index (χ0n) is 13.9. The second-order valence-corrected chi connectivity index (χ2v) is 5.77. The summed E-state index contributed by atoms with van der Waals surface area (Å²) in [5, 5.41) is 6.86. The van der Waals surface area contributed by atoms with Crippen LogP contribution in [0.1, 0.15) is 27.2 Å². The molecule has 0 spiro atoms. The second kappa shape index (κ2) is 7.03. The molecule has 1 aromatic heterocycles. The zero-order valence-corrected chi connectivity index (χ0v) is 13.9. The number of carbonyl (C=O) groups is 1. The quantitative estimate of drug-likeness (QED) is 0.761. The van der Waals surface area contributed by atoms with Crippen LogP contribution in [0.2, 0.25) is 0 Å². The van der Waals surface area contributed by atoms with Crippen molar-refractivity contribution in [3.63, 3.8) is 0 Å². The number of nitrogens with one attached hydrogen (secondary N) is 1. The van der Waals surface area contributed by atoms with Gasteiger partial charge in [-0.3, -0.25) is 4.79 Å². The number of benzene rings is 2. The van der Waals surface area contributed by atoms with Crippen LogP contribution in [0, 0.1) is 6.92 Å². The van der Waals surface area contributed by atoms with Crippen LogP contribution in [0.3, 0.4) is 0 Å². The summed E-state index contributed by atoms with van der Waals surface area (Å²) in [6.45, 7) is 2.00. The summed E-state index contributed by atoms with van der Waals surface area (Å²) in [4.78, 5) is 12.4. The number of aromatic nitrogens is 2. The van der Waals surface area contributed by atoms with Crippen LogP contribution < -0.4 is 5.32 Å². The number of nitrogens with zero attached hydrogens (tertiary/aromatic N) is 2. The molecule has 0 radical (unpaired) electrons. The minimum absolute atomic E-state index is 0.249. The van der Waals surface area contributed by atoms with Crippen LogP contribution in [0.15, 0.2) is 60.8 Å². The molecule has 1 N–H and O–H groups in total. The van der Waals surface area contributed by atoms with E-state index in [1.165, 1.54) is 23.0 Å². The molecule has 0 aliphatic heterocycles. The van der Waals surface area contributed by atoms with E-state index >= 15 is 0 Å². The van der Waals surface area contributed by atoms with E-state index in [0.717, 1.165) is 17.7 Å². The van der Waals surface area contributed by atoms with E-state index in [4.69, 9.17) is 0 Å². The monoisotopic (exact) mass is 359 g/mol. The average molecular weight is 359 g/mol. The molecule has 0 aliphatic rings. The molecule has 1 amide bonds. The maximum absolute atomic E-state index is 12.9. The Balaban J connectivity index is 1.81. The molecule has 26 heavy (non-hydrogen) atoms. The smallest absolute Gasteiger partial charge is 0.348 e. The molecule has 0 aliphatic carbocycles. The topological polar surface area (TPSA) is 46.9 Å². The fraction of sp³-hybridized carbons (Fsp3) is 0.158. The normalized spacial score (nSPS) is 11.4. The summed E-state index contributed by atoms with van der Waals surface area (Å²) in [6, 6.07) is 14.2. The molecule has 3 rings (SSSR count). The number of rotatable bonds is 4. The average Bonchev–Trinajstić information content (AvgIpc) is 3.01. The third-order valence-electron chi connectivity index (χ3n) is 3.97. The Morgan fingerprint density at radius 1 is 1.12 bits per heavy atom. The third-order valence-corrected chi connectivity index (χ3v) is 3.97. The van der Waals surface area contributed by atoms with Gasteiger partial charge in [0.15, 0.2) is 0 Å². The van der Waals surface area contributed by atoms with E-state index in [0.29, 0.717) is 17.8 Å². The first-order chi connectivity index (χ1) is 12.4. The number of halogens is 3. The first-order valence-corrected chi connectivity index (χ1v) is 7.90. The highest BCUT2D eigenvalue weighted by atomic mass is 19.4. The Labute approximate surface area is 148 Å². The lowest BCUT2D eigenvalue weighted by Gasteiger charge is -2.10. The maximum atomic E-state index is 12.9. The lowest BCUT2D eigenvalue weighted by molar-refractivity contribution is -0.137. The van der Waals surface area contributed by atoms with Gasteiger partial charge in [-0.05, 0) is 30.7 Å². The SMILES string of the molecule is Cc1c(C(=O)NCc2ccccc2)cnn1-c1cccc(C(F)(F)F)c1. The van der Waals surface area contributed by atoms with Crippen LogP contribution in [0.5, 0.6) is 0 Å². The van der Waals surface area contributed by atoms with Crippen LogP contribution in [-0.4, -0.2) is 15.7 Å². The number of carbonyl (C=O) groups excluding carboxylic acids is 1. The molecular weight excluding hydrogens is 343 g/mol. The van der Waals surface area contributed by atoms with Crippen molar-refractivity contribution in [2.24, 2.45) is 0 Å². The summed E-state index contributed by atoms with van der Waals surface area (Å²) in [7, 11) is 0. The number of alkyl halides is 3. The molecule has 0 saturated carbocycles. The van der Waals surface area contributed by atoms with Gasteiger partial charge in [0.1, 0.15) is 0 Å². The molecule has 0 bridgehead atoms. The highest BCUT2D eigenvalue weighted by Crippen LogP contribution is 2.30. The van der Waals surface area contributed by atoms with Crippen molar-refractivity contribution in [1.29, 1.82) is 0 Å². The Hall–Kier alpha value is -3.09. The summed E-state index contributed by atoms with van der Waals surface area (Å²) < 4.78 is 40.0. The minimum Gasteiger partial charge on any atom is -0.348 e. The zero-order chi connectivity index (χ0) is 18.7. The van der Waals surface area contributed by atoms with Gasteiger partial charge in [0.2, 0.25) is 0 Å². The summed E-state index contributed by atoms with van der Waals surface area (Å²) in [5.41, 5.74) is 1.22. The Kier molecular flexibility index (Phi) is 4.79. The van der Waals surface area contributed by atoms with E-state index in [2.05, 4.69) is 10.4 Å². The van der Waals surface area contributed by atoms with E-state index in [1.54, 1.807) is 6.92 Å². The van der Waals surface area contributed by atoms with Crippen LogP contribution in [0.4, 0.5) is 13.2 Å². The molecule has 1 heterocycles. The molecule has 0 fully saturated rings. The Bertz CT molecular complexity index is 917. The molecule has 134 valence electrons. The summed E-state index contributed by atoms with van der Waals surface area (Å²) in [6.07, 6.45) is -3.08. The summed E-state index contributed by atoms with van der Waals surface area (Å²) in [5.74, 6) is -0.329. The van der Waals surface area contributed by atoms with Gasteiger partial charge in [-0.2, -0.15) is 18.3 Å². The fourth-order valence-corrected chi connectivity index (χ4v) is 2.58. The Morgan fingerprint density at radius 2 is 1.85 bits per heavy atom. The lowest BCUT2D eigenvalue weighted by Crippen LogP contribution is -2.23. The van der Waals surface area contributed by atoms with Gasteiger partial charge in [-0.25, -0.2) is 4.68 Å². The largest absolute Gasteiger partial charge is 0.416 e. The molecule has 2 aromatic carbocycles. The molecule has 0 atom stereocenters. The van der Waals surface area contributed by atoms with Crippen molar-refractivity contribution < 1.29 is 18.0 Å². The number of amides is 1. The number of hydrogen-bond donors (Lipinski definition) is 1. The molecule has 3 aromatic rings. The van der Waals surface area contributed by atoms with E-state index in [-0.39, 0.29) is 11.6 Å². The van der Waals surface area contributed by atoms with Gasteiger partial charge in [0, 0.05) is 6.54 Å². The predicted octanol–water partition coefficient (Wildman–Crippen LogP) is 4.13. The number of hydrogen-bond acceptors (Lipinski definition) is 2. The third kappa shape index (κ3) is 3.77. The van der Waals surface area contributed by atoms with E-state index in [9.17, 15) is 18.0 Å². The van der Waals surface area contributed by atoms with Crippen LogP contribution >= 0.6 is 0 Å². The van der Waals surface area contributed by atoms with Gasteiger partial charge in [0.05, 0.1) is 28.7 Å². The molecule has 0 unspecified atom stereocenters.